The van der Waals surface area contributed by atoms with Crippen LogP contribution in [0, 0.1) is 0 Å². The molecular weight excluding hydrogens is 262 g/mol. The van der Waals surface area contributed by atoms with E-state index in [0.717, 1.165) is 24.4 Å². The van der Waals surface area contributed by atoms with Crippen LogP contribution in [0.3, 0.4) is 0 Å². The number of ether oxygens (including phenoxy) is 1. The maximum atomic E-state index is 5.79. The van der Waals surface area contributed by atoms with Gasteiger partial charge >= 0.3 is 0 Å². The van der Waals surface area contributed by atoms with Crippen LogP contribution in [-0.4, -0.2) is 49.6 Å². The van der Waals surface area contributed by atoms with Crippen molar-refractivity contribution in [2.24, 2.45) is 5.73 Å². The first-order chi connectivity index (χ1) is 10.2. The SMILES string of the molecule is CCN1CCCC1CN(C)Cc1ccc(OC)c(CN)c1. The van der Waals surface area contributed by atoms with Gasteiger partial charge in [0.15, 0.2) is 0 Å². The summed E-state index contributed by atoms with van der Waals surface area (Å²) in [4.78, 5) is 5.01. The van der Waals surface area contributed by atoms with Gasteiger partial charge in [-0.2, -0.15) is 0 Å². The second-order valence-electron chi connectivity index (χ2n) is 5.97. The topological polar surface area (TPSA) is 41.7 Å². The van der Waals surface area contributed by atoms with Crippen LogP contribution in [0.25, 0.3) is 0 Å². The van der Waals surface area contributed by atoms with Gasteiger partial charge < -0.3 is 15.4 Å². The maximum Gasteiger partial charge on any atom is 0.123 e. The number of hydrogen-bond donors (Lipinski definition) is 1. The molecule has 0 amide bonds. The van der Waals surface area contributed by atoms with Crippen molar-refractivity contribution in [1.82, 2.24) is 9.80 Å². The molecule has 0 saturated carbocycles. The summed E-state index contributed by atoms with van der Waals surface area (Å²) in [6.45, 7) is 7.30. The predicted octanol–water partition coefficient (Wildman–Crippen LogP) is 2.07. The predicted molar refractivity (Wildman–Crippen MR) is 87.5 cm³/mol. The minimum Gasteiger partial charge on any atom is -0.496 e. The number of nitrogens with two attached hydrogens (primary N) is 1. The molecule has 2 N–H and O–H groups in total. The van der Waals surface area contributed by atoms with Crippen molar-refractivity contribution in [1.29, 1.82) is 0 Å². The zero-order valence-corrected chi connectivity index (χ0v) is 13.6. The molecular formula is C17H29N3O. The zero-order chi connectivity index (χ0) is 15.2. The number of nitrogens with zero attached hydrogens (tertiary/aromatic N) is 2. The molecule has 0 bridgehead atoms. The van der Waals surface area contributed by atoms with Crippen LogP contribution in [0.5, 0.6) is 5.75 Å². The van der Waals surface area contributed by atoms with Crippen LogP contribution >= 0.6 is 0 Å². The largest absolute Gasteiger partial charge is 0.496 e. The zero-order valence-electron chi connectivity index (χ0n) is 13.6. The third kappa shape index (κ3) is 4.19. The van der Waals surface area contributed by atoms with Crippen LogP contribution in [0.15, 0.2) is 18.2 Å². The standard InChI is InChI=1S/C17H29N3O/c1-4-20-9-5-6-16(20)13-19(2)12-14-7-8-17(21-3)15(10-14)11-18/h7-8,10,16H,4-6,9,11-13,18H2,1-3H3. The summed E-state index contributed by atoms with van der Waals surface area (Å²) in [6, 6.07) is 7.05. The molecule has 0 aliphatic carbocycles. The number of rotatable bonds is 7. The molecule has 1 aromatic rings. The average molecular weight is 291 g/mol. The molecule has 0 radical (unpaired) electrons. The van der Waals surface area contributed by atoms with Crippen molar-refractivity contribution in [2.75, 3.05) is 33.8 Å². The van der Waals surface area contributed by atoms with Crippen LogP contribution < -0.4 is 10.5 Å². The minimum absolute atomic E-state index is 0.521. The number of benzene rings is 1. The average Bonchev–Trinajstić information content (AvgIpc) is 2.94. The van der Waals surface area contributed by atoms with E-state index >= 15 is 0 Å². The molecule has 118 valence electrons. The lowest BCUT2D eigenvalue weighted by atomic mass is 10.1. The maximum absolute atomic E-state index is 5.79. The van der Waals surface area contributed by atoms with E-state index < -0.39 is 0 Å². The van der Waals surface area contributed by atoms with Crippen LogP contribution in [0.1, 0.15) is 30.9 Å². The normalized spacial score (nSPS) is 19.4. The Hall–Kier alpha value is -1.10. The van der Waals surface area contributed by atoms with Gasteiger partial charge in [0, 0.05) is 31.2 Å². The van der Waals surface area contributed by atoms with E-state index in [1.165, 1.54) is 31.5 Å². The van der Waals surface area contributed by atoms with Crippen molar-refractivity contribution in [2.45, 2.75) is 38.9 Å². The highest BCUT2D eigenvalue weighted by Crippen LogP contribution is 2.21. The molecule has 1 heterocycles. The van der Waals surface area contributed by atoms with E-state index in [-0.39, 0.29) is 0 Å². The van der Waals surface area contributed by atoms with Gasteiger partial charge in [-0.25, -0.2) is 0 Å². The van der Waals surface area contributed by atoms with E-state index in [2.05, 4.69) is 35.9 Å². The lowest BCUT2D eigenvalue weighted by Gasteiger charge is -2.27. The Kier molecular flexibility index (Phi) is 6.03. The summed E-state index contributed by atoms with van der Waals surface area (Å²) in [5.74, 6) is 0.886. The van der Waals surface area contributed by atoms with E-state index in [9.17, 15) is 0 Å². The molecule has 1 fully saturated rings. The van der Waals surface area contributed by atoms with Gasteiger partial charge in [-0.3, -0.25) is 4.90 Å². The number of likely N-dealkylation sites (N-methyl/N-ethyl adjacent to an activating group) is 2. The van der Waals surface area contributed by atoms with Gasteiger partial charge in [-0.1, -0.05) is 13.0 Å². The fourth-order valence-electron chi connectivity index (χ4n) is 3.34. The minimum atomic E-state index is 0.521. The van der Waals surface area contributed by atoms with E-state index in [1.54, 1.807) is 7.11 Å². The Labute approximate surface area is 128 Å². The Morgan fingerprint density at radius 3 is 2.90 bits per heavy atom. The number of hydrogen-bond acceptors (Lipinski definition) is 4. The first-order valence-corrected chi connectivity index (χ1v) is 7.96. The van der Waals surface area contributed by atoms with E-state index in [0.29, 0.717) is 12.6 Å². The van der Waals surface area contributed by atoms with Crippen LogP contribution in [0.4, 0.5) is 0 Å². The Morgan fingerprint density at radius 2 is 2.24 bits per heavy atom. The molecule has 1 aromatic carbocycles. The molecule has 4 heteroatoms. The van der Waals surface area contributed by atoms with E-state index in [1.807, 2.05) is 6.07 Å². The van der Waals surface area contributed by atoms with Crippen LogP contribution in [-0.2, 0) is 13.1 Å². The molecule has 1 saturated heterocycles. The summed E-state index contributed by atoms with van der Waals surface area (Å²) in [6.07, 6.45) is 2.67. The third-order valence-corrected chi connectivity index (χ3v) is 4.44. The highest BCUT2D eigenvalue weighted by molar-refractivity contribution is 5.37. The highest BCUT2D eigenvalue weighted by atomic mass is 16.5. The fraction of sp³-hybridized carbons (Fsp3) is 0.647. The summed E-state index contributed by atoms with van der Waals surface area (Å²) < 4.78 is 5.33. The molecule has 1 aliphatic rings. The molecule has 4 nitrogen and oxygen atoms in total. The van der Waals surface area contributed by atoms with Crippen molar-refractivity contribution in [3.8, 4) is 5.75 Å². The molecule has 0 spiro atoms. The van der Waals surface area contributed by atoms with Gasteiger partial charge in [0.05, 0.1) is 7.11 Å². The number of methoxy groups -OCH3 is 1. The molecule has 2 rings (SSSR count). The Balaban J connectivity index is 1.94. The highest BCUT2D eigenvalue weighted by Gasteiger charge is 2.23. The van der Waals surface area contributed by atoms with Gasteiger partial charge in [-0.15, -0.1) is 0 Å². The summed E-state index contributed by atoms with van der Waals surface area (Å²) in [7, 11) is 3.90. The smallest absolute Gasteiger partial charge is 0.123 e. The lowest BCUT2D eigenvalue weighted by Crippen LogP contribution is -2.38. The first-order valence-electron chi connectivity index (χ1n) is 7.96. The lowest BCUT2D eigenvalue weighted by molar-refractivity contribution is 0.195. The fourth-order valence-corrected chi connectivity index (χ4v) is 3.34. The van der Waals surface area contributed by atoms with Gasteiger partial charge in [0.2, 0.25) is 0 Å². The van der Waals surface area contributed by atoms with Crippen molar-refractivity contribution < 1.29 is 4.74 Å². The van der Waals surface area contributed by atoms with Gasteiger partial charge in [-0.05, 0) is 50.7 Å². The molecule has 0 aromatic heterocycles. The quantitative estimate of drug-likeness (QED) is 0.835. The Bertz CT molecular complexity index is 450. The Morgan fingerprint density at radius 1 is 1.43 bits per heavy atom. The number of likely N-dealkylation sites (tertiary alicyclic amines) is 1. The monoisotopic (exact) mass is 291 g/mol. The van der Waals surface area contributed by atoms with E-state index in [4.69, 9.17) is 10.5 Å². The molecule has 1 aliphatic heterocycles. The summed E-state index contributed by atoms with van der Waals surface area (Å²) in [5, 5.41) is 0. The van der Waals surface area contributed by atoms with Crippen molar-refractivity contribution >= 4 is 0 Å². The van der Waals surface area contributed by atoms with Gasteiger partial charge in [0.1, 0.15) is 5.75 Å². The second-order valence-corrected chi connectivity index (χ2v) is 5.97. The first kappa shape index (κ1) is 16.3. The third-order valence-electron chi connectivity index (χ3n) is 4.44. The molecule has 1 atom stereocenters. The molecule has 21 heavy (non-hydrogen) atoms. The second kappa shape index (κ2) is 7.78. The van der Waals surface area contributed by atoms with Crippen molar-refractivity contribution in [3.05, 3.63) is 29.3 Å². The summed E-state index contributed by atoms with van der Waals surface area (Å²) in [5.41, 5.74) is 8.18. The van der Waals surface area contributed by atoms with Crippen molar-refractivity contribution in [3.63, 3.8) is 0 Å². The molecule has 1 unspecified atom stereocenters. The van der Waals surface area contributed by atoms with Crippen LogP contribution in [0.2, 0.25) is 0 Å². The summed E-state index contributed by atoms with van der Waals surface area (Å²) >= 11 is 0. The van der Waals surface area contributed by atoms with Gasteiger partial charge in [0.25, 0.3) is 0 Å².